The van der Waals surface area contributed by atoms with Crippen LogP contribution in [0.5, 0.6) is 5.75 Å². The molecule has 23 heavy (non-hydrogen) atoms. The Hall–Kier alpha value is -2.36. The Morgan fingerprint density at radius 2 is 1.91 bits per heavy atom. The fourth-order valence-corrected chi connectivity index (χ4v) is 2.85. The number of ether oxygens (including phenoxy) is 1. The van der Waals surface area contributed by atoms with Gasteiger partial charge in [0, 0.05) is 5.69 Å². The van der Waals surface area contributed by atoms with Crippen LogP contribution in [0.3, 0.4) is 0 Å². The van der Waals surface area contributed by atoms with Gasteiger partial charge in [-0.05, 0) is 74.1 Å². The second kappa shape index (κ2) is 6.82. The number of carbonyl (C=O) groups excluding carboxylic acids is 1. The zero-order valence-electron chi connectivity index (χ0n) is 13.1. The van der Waals surface area contributed by atoms with Crippen LogP contribution >= 0.6 is 0 Å². The fourth-order valence-electron chi connectivity index (χ4n) is 2.85. The molecule has 0 radical (unpaired) electrons. The molecule has 0 aromatic heterocycles. The number of hydrogen-bond acceptors (Lipinski definition) is 2. The second-order valence-corrected chi connectivity index (χ2v) is 5.90. The monoisotopic (exact) mass is 313 g/mol. The van der Waals surface area contributed by atoms with E-state index in [4.69, 9.17) is 4.74 Å². The standard InChI is InChI=1S/C19H20FNO2/c1-13(19(22)21-17-8-4-7-16(20)12-17)23-18-10-9-14-5-2-3-6-15(14)11-18/h4,7-13H,2-3,5-6H2,1H3,(H,21,22)/t13-/m1/s1. The van der Waals surface area contributed by atoms with Gasteiger partial charge in [0.25, 0.3) is 5.91 Å². The molecule has 4 heteroatoms. The van der Waals surface area contributed by atoms with Crippen LogP contribution in [-0.2, 0) is 17.6 Å². The quantitative estimate of drug-likeness (QED) is 0.922. The molecule has 0 spiro atoms. The van der Waals surface area contributed by atoms with Crippen LogP contribution in [0.2, 0.25) is 0 Å². The van der Waals surface area contributed by atoms with Crippen LogP contribution in [0.1, 0.15) is 30.9 Å². The Kier molecular flexibility index (Phi) is 4.60. The van der Waals surface area contributed by atoms with E-state index < -0.39 is 6.10 Å². The maximum absolute atomic E-state index is 13.1. The molecule has 0 unspecified atom stereocenters. The van der Waals surface area contributed by atoms with Gasteiger partial charge in [0.05, 0.1) is 0 Å². The number of benzene rings is 2. The summed E-state index contributed by atoms with van der Waals surface area (Å²) in [4.78, 5) is 12.2. The molecule has 1 N–H and O–H groups in total. The van der Waals surface area contributed by atoms with E-state index >= 15 is 0 Å². The van der Waals surface area contributed by atoms with E-state index in [0.717, 1.165) is 12.8 Å². The predicted molar refractivity (Wildman–Crippen MR) is 88.2 cm³/mol. The first kappa shape index (κ1) is 15.5. The topological polar surface area (TPSA) is 38.3 Å². The molecule has 0 heterocycles. The zero-order chi connectivity index (χ0) is 16.2. The van der Waals surface area contributed by atoms with E-state index in [-0.39, 0.29) is 11.7 Å². The van der Waals surface area contributed by atoms with Gasteiger partial charge in [-0.25, -0.2) is 4.39 Å². The largest absolute Gasteiger partial charge is 0.481 e. The molecule has 0 aliphatic heterocycles. The Bertz CT molecular complexity index is 714. The molecule has 1 atom stereocenters. The first-order chi connectivity index (χ1) is 11.1. The molecule has 1 aliphatic rings. The second-order valence-electron chi connectivity index (χ2n) is 5.90. The minimum atomic E-state index is -0.653. The predicted octanol–water partition coefficient (Wildman–Crippen LogP) is 4.11. The number of hydrogen-bond donors (Lipinski definition) is 1. The van der Waals surface area contributed by atoms with Gasteiger partial charge in [0.15, 0.2) is 6.10 Å². The van der Waals surface area contributed by atoms with Crippen molar-refractivity contribution in [1.82, 2.24) is 0 Å². The van der Waals surface area contributed by atoms with Gasteiger partial charge in [-0.15, -0.1) is 0 Å². The number of fused-ring (bicyclic) bond motifs is 1. The number of rotatable bonds is 4. The minimum absolute atomic E-state index is 0.298. The fraction of sp³-hybridized carbons (Fsp3) is 0.316. The Labute approximate surface area is 135 Å². The summed E-state index contributed by atoms with van der Waals surface area (Å²) in [6.07, 6.45) is 3.97. The molecule has 0 bridgehead atoms. The molecule has 1 aliphatic carbocycles. The number of carbonyl (C=O) groups is 1. The van der Waals surface area contributed by atoms with Crippen LogP contribution in [0.25, 0.3) is 0 Å². The third-order valence-corrected chi connectivity index (χ3v) is 4.09. The van der Waals surface area contributed by atoms with Gasteiger partial charge in [-0.3, -0.25) is 4.79 Å². The lowest BCUT2D eigenvalue weighted by atomic mass is 9.92. The van der Waals surface area contributed by atoms with Crippen molar-refractivity contribution in [3.63, 3.8) is 0 Å². The molecule has 3 rings (SSSR count). The molecule has 120 valence electrons. The van der Waals surface area contributed by atoms with Gasteiger partial charge < -0.3 is 10.1 Å². The van der Waals surface area contributed by atoms with Gasteiger partial charge >= 0.3 is 0 Å². The van der Waals surface area contributed by atoms with Crippen molar-refractivity contribution >= 4 is 11.6 Å². The first-order valence-electron chi connectivity index (χ1n) is 7.97. The molecule has 2 aromatic carbocycles. The summed E-state index contributed by atoms with van der Waals surface area (Å²) < 4.78 is 18.9. The Morgan fingerprint density at radius 3 is 2.70 bits per heavy atom. The van der Waals surface area contributed by atoms with Crippen molar-refractivity contribution in [3.8, 4) is 5.75 Å². The van der Waals surface area contributed by atoms with Crippen LogP contribution in [0.4, 0.5) is 10.1 Å². The highest BCUT2D eigenvalue weighted by molar-refractivity contribution is 5.94. The summed E-state index contributed by atoms with van der Waals surface area (Å²) in [5.41, 5.74) is 3.11. The number of nitrogens with one attached hydrogen (secondary N) is 1. The van der Waals surface area contributed by atoms with Crippen LogP contribution < -0.4 is 10.1 Å². The highest BCUT2D eigenvalue weighted by atomic mass is 19.1. The molecular weight excluding hydrogens is 293 g/mol. The van der Waals surface area contributed by atoms with Crippen LogP contribution in [-0.4, -0.2) is 12.0 Å². The van der Waals surface area contributed by atoms with Crippen molar-refractivity contribution in [1.29, 1.82) is 0 Å². The normalized spacial score (nSPS) is 14.7. The number of halogens is 1. The zero-order valence-corrected chi connectivity index (χ0v) is 13.1. The molecule has 2 aromatic rings. The first-order valence-corrected chi connectivity index (χ1v) is 7.97. The van der Waals surface area contributed by atoms with Crippen molar-refractivity contribution in [3.05, 3.63) is 59.4 Å². The van der Waals surface area contributed by atoms with Crippen molar-refractivity contribution < 1.29 is 13.9 Å². The summed E-state index contributed by atoms with van der Waals surface area (Å²) in [7, 11) is 0. The summed E-state index contributed by atoms with van der Waals surface area (Å²) in [6, 6.07) is 11.8. The maximum atomic E-state index is 13.1. The molecule has 3 nitrogen and oxygen atoms in total. The van der Waals surface area contributed by atoms with Crippen molar-refractivity contribution in [2.75, 3.05) is 5.32 Å². The smallest absolute Gasteiger partial charge is 0.265 e. The SMILES string of the molecule is C[C@@H](Oc1ccc2c(c1)CCCC2)C(=O)Nc1cccc(F)c1. The van der Waals surface area contributed by atoms with Crippen LogP contribution in [0.15, 0.2) is 42.5 Å². The van der Waals surface area contributed by atoms with Crippen molar-refractivity contribution in [2.45, 2.75) is 38.7 Å². The summed E-state index contributed by atoms with van der Waals surface area (Å²) in [5.74, 6) is 0.0203. The lowest BCUT2D eigenvalue weighted by Crippen LogP contribution is -2.30. The van der Waals surface area contributed by atoms with Crippen LogP contribution in [0, 0.1) is 5.82 Å². The number of amides is 1. The Morgan fingerprint density at radius 1 is 1.13 bits per heavy atom. The molecule has 0 fully saturated rings. The highest BCUT2D eigenvalue weighted by Crippen LogP contribution is 2.26. The number of anilines is 1. The summed E-state index contributed by atoms with van der Waals surface area (Å²) in [5, 5.41) is 2.66. The van der Waals surface area contributed by atoms with Gasteiger partial charge in [0.2, 0.25) is 0 Å². The molecule has 0 saturated carbocycles. The van der Waals surface area contributed by atoms with Gasteiger partial charge in [-0.2, -0.15) is 0 Å². The minimum Gasteiger partial charge on any atom is -0.481 e. The third-order valence-electron chi connectivity index (χ3n) is 4.09. The summed E-state index contributed by atoms with van der Waals surface area (Å²) >= 11 is 0. The molecule has 1 amide bonds. The van der Waals surface area contributed by atoms with E-state index in [0.29, 0.717) is 11.4 Å². The van der Waals surface area contributed by atoms with Crippen molar-refractivity contribution in [2.24, 2.45) is 0 Å². The molecular formula is C19H20FNO2. The Balaban J connectivity index is 1.64. The molecule has 0 saturated heterocycles. The average Bonchev–Trinajstić information content (AvgIpc) is 2.54. The van der Waals surface area contributed by atoms with E-state index in [2.05, 4.69) is 11.4 Å². The van der Waals surface area contributed by atoms with Gasteiger partial charge in [0.1, 0.15) is 11.6 Å². The average molecular weight is 313 g/mol. The number of aryl methyl sites for hydroxylation is 2. The third kappa shape index (κ3) is 3.89. The lowest BCUT2D eigenvalue weighted by Gasteiger charge is -2.19. The van der Waals surface area contributed by atoms with E-state index in [1.807, 2.05) is 12.1 Å². The van der Waals surface area contributed by atoms with E-state index in [9.17, 15) is 9.18 Å². The van der Waals surface area contributed by atoms with E-state index in [1.54, 1.807) is 19.1 Å². The van der Waals surface area contributed by atoms with E-state index in [1.165, 1.54) is 36.1 Å². The van der Waals surface area contributed by atoms with Gasteiger partial charge in [-0.1, -0.05) is 12.1 Å². The highest BCUT2D eigenvalue weighted by Gasteiger charge is 2.16. The maximum Gasteiger partial charge on any atom is 0.265 e. The lowest BCUT2D eigenvalue weighted by molar-refractivity contribution is -0.122. The summed E-state index contributed by atoms with van der Waals surface area (Å²) in [6.45, 7) is 1.69.